The van der Waals surface area contributed by atoms with Gasteiger partial charge in [0.15, 0.2) is 0 Å². The Kier molecular flexibility index (Phi) is 5.35. The number of rotatable bonds is 4. The maximum atomic E-state index is 12.4. The van der Waals surface area contributed by atoms with Gasteiger partial charge in [-0.15, -0.1) is 0 Å². The molecule has 0 saturated carbocycles. The highest BCUT2D eigenvalue weighted by Gasteiger charge is 2.35. The molecule has 0 aromatic heterocycles. The van der Waals surface area contributed by atoms with Gasteiger partial charge in [-0.3, -0.25) is 10.1 Å². The second-order valence-electron chi connectivity index (χ2n) is 5.87. The number of nitrogens with one attached hydrogen (secondary N) is 4. The van der Waals surface area contributed by atoms with E-state index >= 15 is 0 Å². The Morgan fingerprint density at radius 2 is 1.92 bits per heavy atom. The molecule has 0 atom stereocenters. The molecule has 1 saturated heterocycles. The van der Waals surface area contributed by atoms with Gasteiger partial charge in [0.2, 0.25) is 0 Å². The molecule has 2 amide bonds. The largest absolute Gasteiger partial charge is 0.450 e. The lowest BCUT2D eigenvalue weighted by Crippen LogP contribution is -2.39. The fourth-order valence-electron chi connectivity index (χ4n) is 2.30. The average molecular weight is 330 g/mol. The van der Waals surface area contributed by atoms with Crippen LogP contribution in [0.5, 0.6) is 0 Å². The van der Waals surface area contributed by atoms with Crippen molar-refractivity contribution in [3.05, 3.63) is 47.3 Å². The van der Waals surface area contributed by atoms with Crippen LogP contribution in [0.15, 0.2) is 41.7 Å². The van der Waals surface area contributed by atoms with Crippen LogP contribution >= 0.6 is 0 Å². The predicted octanol–water partition coefficient (Wildman–Crippen LogP) is 1.78. The summed E-state index contributed by atoms with van der Waals surface area (Å²) in [6.07, 6.45) is -0.675. The summed E-state index contributed by atoms with van der Waals surface area (Å²) in [6.45, 7) is 5.99. The third kappa shape index (κ3) is 3.99. The zero-order valence-corrected chi connectivity index (χ0v) is 14.0. The van der Waals surface area contributed by atoms with Crippen molar-refractivity contribution in [3.63, 3.8) is 0 Å². The van der Waals surface area contributed by atoms with E-state index in [-0.39, 0.29) is 18.3 Å². The first-order valence-electron chi connectivity index (χ1n) is 7.73. The molecule has 0 unspecified atom stereocenters. The summed E-state index contributed by atoms with van der Waals surface area (Å²) in [5.41, 5.74) is 0.756. The van der Waals surface area contributed by atoms with Crippen LogP contribution in [0, 0.1) is 5.41 Å². The van der Waals surface area contributed by atoms with Crippen molar-refractivity contribution in [2.75, 3.05) is 13.2 Å². The smallest absolute Gasteiger partial charge is 0.412 e. The molecule has 0 aliphatic carbocycles. The molecule has 7 heteroatoms. The average Bonchev–Trinajstić information content (AvgIpc) is 2.82. The quantitative estimate of drug-likeness (QED) is 0.675. The minimum atomic E-state index is -0.675. The van der Waals surface area contributed by atoms with Crippen LogP contribution in [0.25, 0.3) is 0 Å². The molecule has 24 heavy (non-hydrogen) atoms. The molecule has 2 rings (SSSR count). The van der Waals surface area contributed by atoms with Crippen molar-refractivity contribution in [3.8, 4) is 0 Å². The van der Waals surface area contributed by atoms with Crippen LogP contribution in [-0.2, 0) is 4.74 Å². The van der Waals surface area contributed by atoms with Gasteiger partial charge in [0.1, 0.15) is 5.82 Å². The third-order valence-corrected chi connectivity index (χ3v) is 3.71. The summed E-state index contributed by atoms with van der Waals surface area (Å²) >= 11 is 0. The first-order valence-corrected chi connectivity index (χ1v) is 7.73. The fraction of sp³-hybridized carbons (Fsp3) is 0.353. The van der Waals surface area contributed by atoms with Crippen molar-refractivity contribution in [1.29, 1.82) is 5.41 Å². The minimum absolute atomic E-state index is 0.172. The van der Waals surface area contributed by atoms with Crippen LogP contribution in [0.3, 0.4) is 0 Å². The summed E-state index contributed by atoms with van der Waals surface area (Å²) < 4.78 is 4.88. The van der Waals surface area contributed by atoms with Crippen molar-refractivity contribution >= 4 is 17.7 Å². The van der Waals surface area contributed by atoms with E-state index in [0.29, 0.717) is 23.4 Å². The van der Waals surface area contributed by atoms with Crippen molar-refractivity contribution in [1.82, 2.24) is 16.0 Å². The van der Waals surface area contributed by atoms with Crippen molar-refractivity contribution in [2.24, 2.45) is 0 Å². The van der Waals surface area contributed by atoms with Crippen molar-refractivity contribution < 1.29 is 14.3 Å². The topological polar surface area (TPSA) is 103 Å². The van der Waals surface area contributed by atoms with Gasteiger partial charge in [0.05, 0.1) is 17.9 Å². The second kappa shape index (κ2) is 7.27. The summed E-state index contributed by atoms with van der Waals surface area (Å²) in [4.78, 5) is 24.2. The van der Waals surface area contributed by atoms with E-state index in [4.69, 9.17) is 10.1 Å². The summed E-state index contributed by atoms with van der Waals surface area (Å²) in [5, 5.41) is 16.7. The number of hydrogen-bond donors (Lipinski definition) is 4. The van der Waals surface area contributed by atoms with Gasteiger partial charge in [-0.1, -0.05) is 18.2 Å². The molecule has 128 valence electrons. The Morgan fingerprint density at radius 1 is 1.25 bits per heavy atom. The zero-order chi connectivity index (χ0) is 17.7. The number of ether oxygens (including phenoxy) is 1. The molecule has 4 N–H and O–H groups in total. The van der Waals surface area contributed by atoms with Gasteiger partial charge in [-0.2, -0.15) is 0 Å². The number of carbonyl (C=O) groups is 2. The Bertz CT molecular complexity index is 680. The highest BCUT2D eigenvalue weighted by atomic mass is 16.5. The van der Waals surface area contributed by atoms with Crippen LogP contribution < -0.4 is 16.0 Å². The number of carbonyl (C=O) groups excluding carboxylic acids is 2. The fourth-order valence-corrected chi connectivity index (χ4v) is 2.30. The molecule has 0 bridgehead atoms. The molecule has 1 aromatic rings. The molecular weight excluding hydrogens is 308 g/mol. The third-order valence-electron chi connectivity index (χ3n) is 3.71. The van der Waals surface area contributed by atoms with Crippen LogP contribution in [0.2, 0.25) is 0 Å². The number of alkyl carbamates (subject to hydrolysis) is 1. The lowest BCUT2D eigenvalue weighted by molar-refractivity contribution is 0.0962. The first kappa shape index (κ1) is 17.7. The lowest BCUT2D eigenvalue weighted by Gasteiger charge is -2.18. The van der Waals surface area contributed by atoms with Crippen LogP contribution in [0.4, 0.5) is 4.79 Å². The van der Waals surface area contributed by atoms with E-state index in [0.717, 1.165) is 0 Å². The van der Waals surface area contributed by atoms with E-state index in [1.807, 2.05) is 19.9 Å². The predicted molar refractivity (Wildman–Crippen MR) is 90.9 cm³/mol. The zero-order valence-electron chi connectivity index (χ0n) is 14.0. The summed E-state index contributed by atoms with van der Waals surface area (Å²) in [6, 6.07) is 8.66. The first-order chi connectivity index (χ1) is 11.3. The Labute approximate surface area is 141 Å². The molecule has 1 aliphatic rings. The maximum Gasteiger partial charge on any atom is 0.412 e. The van der Waals surface area contributed by atoms with E-state index in [9.17, 15) is 9.59 Å². The Hall–Kier alpha value is -2.67. The highest BCUT2D eigenvalue weighted by Crippen LogP contribution is 2.20. The van der Waals surface area contributed by atoms with E-state index in [2.05, 4.69) is 16.0 Å². The van der Waals surface area contributed by atoms with Crippen LogP contribution in [-0.4, -0.2) is 36.4 Å². The van der Waals surface area contributed by atoms with Gasteiger partial charge < -0.3 is 20.8 Å². The molecule has 1 fully saturated rings. The van der Waals surface area contributed by atoms with E-state index < -0.39 is 11.6 Å². The summed E-state index contributed by atoms with van der Waals surface area (Å²) in [5.74, 6) is -0.196. The van der Waals surface area contributed by atoms with Crippen LogP contribution in [0.1, 0.15) is 31.1 Å². The van der Waals surface area contributed by atoms with Gasteiger partial charge >= 0.3 is 6.09 Å². The maximum absolute atomic E-state index is 12.4. The number of amides is 2. The Balaban J connectivity index is 2.29. The molecule has 1 heterocycles. The number of hydrogen-bond acceptors (Lipinski definition) is 5. The highest BCUT2D eigenvalue weighted by molar-refractivity contribution is 6.08. The standard InChI is InChI=1S/C17H22N4O3/c1-4-24-16(23)21-14(12-10-19-17(2,3)13(12)18)20-15(22)11-8-6-5-7-9-11/h5-9,18-19H,4,10H2,1-3H3,(H,20,22)(H,21,23)/b14-12-,18-13?. The molecule has 0 radical (unpaired) electrons. The SMILES string of the molecule is CCOC(=O)N/C(NC(=O)c1ccccc1)=C1/CNC(C)(C)C1=N. The van der Waals surface area contributed by atoms with Gasteiger partial charge in [-0.05, 0) is 32.9 Å². The molecule has 7 nitrogen and oxygen atoms in total. The normalized spacial score (nSPS) is 18.0. The second-order valence-corrected chi connectivity index (χ2v) is 5.87. The Morgan fingerprint density at radius 3 is 2.46 bits per heavy atom. The molecule has 1 aliphatic heterocycles. The van der Waals surface area contributed by atoms with E-state index in [1.165, 1.54) is 0 Å². The van der Waals surface area contributed by atoms with Crippen molar-refractivity contribution in [2.45, 2.75) is 26.3 Å². The van der Waals surface area contributed by atoms with Gasteiger partial charge in [0.25, 0.3) is 5.91 Å². The monoisotopic (exact) mass is 330 g/mol. The molecule has 0 spiro atoms. The van der Waals surface area contributed by atoms with Gasteiger partial charge in [-0.25, -0.2) is 4.79 Å². The molecular formula is C17H22N4O3. The minimum Gasteiger partial charge on any atom is -0.450 e. The van der Waals surface area contributed by atoms with Gasteiger partial charge in [0, 0.05) is 17.7 Å². The lowest BCUT2D eigenvalue weighted by atomic mass is 9.98. The summed E-state index contributed by atoms with van der Waals surface area (Å²) in [7, 11) is 0. The molecule has 1 aromatic carbocycles. The van der Waals surface area contributed by atoms with E-state index in [1.54, 1.807) is 31.2 Å². The number of benzene rings is 1.